The van der Waals surface area contributed by atoms with Crippen LogP contribution in [0.1, 0.15) is 83.5 Å². The molecule has 9 atom stereocenters. The number of carbonyl (C=O) groups is 2. The van der Waals surface area contributed by atoms with Crippen molar-refractivity contribution in [1.29, 1.82) is 0 Å². The Morgan fingerprint density at radius 1 is 0.889 bits per heavy atom. The zero-order valence-corrected chi connectivity index (χ0v) is 22.2. The number of nitrogens with zero attached hydrogens (tertiary/aromatic N) is 1. The van der Waals surface area contributed by atoms with Crippen molar-refractivity contribution in [3.05, 3.63) is 30.3 Å². The third kappa shape index (κ3) is 3.18. The number of hydrogen-bond donors (Lipinski definition) is 0. The van der Waals surface area contributed by atoms with Crippen LogP contribution in [0.25, 0.3) is 0 Å². The molecular weight excluding hydrogens is 446 g/mol. The molecule has 0 heterocycles. The summed E-state index contributed by atoms with van der Waals surface area (Å²) in [5.74, 6) is 4.06. The minimum absolute atomic E-state index is 0.105. The fourth-order valence-corrected chi connectivity index (χ4v) is 11.5. The number of amides is 1. The largest absolute Gasteiger partial charge is 0.469 e. The first-order valence-corrected chi connectivity index (χ1v) is 14.8. The summed E-state index contributed by atoms with van der Waals surface area (Å²) < 4.78 is 5.52. The highest BCUT2D eigenvalue weighted by molar-refractivity contribution is 5.94. The lowest BCUT2D eigenvalue weighted by Crippen LogP contribution is -2.46. The average molecular weight is 490 g/mol. The van der Waals surface area contributed by atoms with E-state index >= 15 is 0 Å². The minimum atomic E-state index is -0.212. The molecule has 36 heavy (non-hydrogen) atoms. The summed E-state index contributed by atoms with van der Waals surface area (Å²) in [7, 11) is 3.58. The fraction of sp³-hybridized carbons (Fsp3) is 0.750. The zero-order chi connectivity index (χ0) is 24.7. The lowest BCUT2D eigenvalue weighted by atomic mass is 9.50. The molecule has 6 saturated carbocycles. The van der Waals surface area contributed by atoms with Crippen molar-refractivity contribution < 1.29 is 14.3 Å². The molecular formula is C32H43NO3. The van der Waals surface area contributed by atoms with Crippen LogP contribution < -0.4 is 4.90 Å². The number of anilines is 1. The summed E-state index contributed by atoms with van der Waals surface area (Å²) in [4.78, 5) is 28.9. The maximum atomic E-state index is 13.7. The molecule has 0 spiro atoms. The van der Waals surface area contributed by atoms with Crippen molar-refractivity contribution in [1.82, 2.24) is 0 Å². The molecule has 4 heteroatoms. The van der Waals surface area contributed by atoms with Gasteiger partial charge in [-0.05, 0) is 123 Å². The van der Waals surface area contributed by atoms with Gasteiger partial charge in [-0.25, -0.2) is 0 Å². The van der Waals surface area contributed by atoms with Gasteiger partial charge in [-0.1, -0.05) is 31.0 Å². The second kappa shape index (κ2) is 8.08. The molecule has 0 radical (unpaired) electrons. The van der Waals surface area contributed by atoms with Crippen molar-refractivity contribution in [3.63, 3.8) is 0 Å². The summed E-state index contributed by atoms with van der Waals surface area (Å²) in [6.07, 6.45) is 16.0. The number of hydrogen-bond acceptors (Lipinski definition) is 3. The molecule has 0 aliphatic heterocycles. The Hall–Kier alpha value is -1.84. The van der Waals surface area contributed by atoms with Crippen LogP contribution in [-0.2, 0) is 14.3 Å². The van der Waals surface area contributed by atoms with Gasteiger partial charge in [0, 0.05) is 18.7 Å². The van der Waals surface area contributed by atoms with Crippen molar-refractivity contribution in [2.75, 3.05) is 19.1 Å². The van der Waals surface area contributed by atoms with E-state index in [2.05, 4.69) is 0 Å². The molecule has 194 valence electrons. The predicted molar refractivity (Wildman–Crippen MR) is 140 cm³/mol. The van der Waals surface area contributed by atoms with Gasteiger partial charge in [-0.2, -0.15) is 0 Å². The number of para-hydroxylation sites is 1. The highest BCUT2D eigenvalue weighted by atomic mass is 16.5. The summed E-state index contributed by atoms with van der Waals surface area (Å²) in [6, 6.07) is 10.2. The lowest BCUT2D eigenvalue weighted by molar-refractivity contribution is -0.156. The Labute approximate surface area is 216 Å². The van der Waals surface area contributed by atoms with Gasteiger partial charge in [-0.15, -0.1) is 0 Å². The SMILES string of the molecule is COC(=O)C12CCCC3CC1CC(C14CC5CC(C(=O)N(C)c6ccccc6)CC(C1)C(C5)C4)(C3)C2. The van der Waals surface area contributed by atoms with E-state index < -0.39 is 0 Å². The van der Waals surface area contributed by atoms with E-state index in [-0.39, 0.29) is 17.3 Å². The van der Waals surface area contributed by atoms with Gasteiger partial charge < -0.3 is 9.64 Å². The predicted octanol–water partition coefficient (Wildman–Crippen LogP) is 6.63. The Morgan fingerprint density at radius 3 is 2.42 bits per heavy atom. The number of esters is 1. The molecule has 7 rings (SSSR count). The fourth-order valence-electron chi connectivity index (χ4n) is 11.5. The van der Waals surface area contributed by atoms with Crippen LogP contribution in [0.3, 0.4) is 0 Å². The normalized spacial score (nSPS) is 46.3. The Bertz CT molecular complexity index is 1050. The lowest BCUT2D eigenvalue weighted by Gasteiger charge is -2.55. The Morgan fingerprint density at radius 2 is 1.64 bits per heavy atom. The van der Waals surface area contributed by atoms with Crippen molar-refractivity contribution in [2.45, 2.75) is 83.5 Å². The first-order chi connectivity index (χ1) is 17.4. The number of carbonyl (C=O) groups excluding carboxylic acids is 2. The van der Waals surface area contributed by atoms with E-state index in [0.29, 0.717) is 34.5 Å². The number of benzene rings is 1. The molecule has 1 aromatic rings. The molecule has 6 bridgehead atoms. The summed E-state index contributed by atoms with van der Waals surface area (Å²) in [5.41, 5.74) is 1.53. The van der Waals surface area contributed by atoms with E-state index in [9.17, 15) is 9.59 Å². The minimum Gasteiger partial charge on any atom is -0.469 e. The molecule has 9 unspecified atom stereocenters. The topological polar surface area (TPSA) is 46.6 Å². The standard InChI is InChI=1S/C32H43NO3/c1-33(27-8-4-3-5-9-27)28(34)23-11-22-12-24-17-30(16-22,18-25(24)14-23)31-15-21-7-6-10-32(20-31,29(35)36-2)26(13-21)19-31/h3-5,8-9,21-26H,6-7,10-20H2,1-2H3. The third-order valence-corrected chi connectivity index (χ3v) is 12.6. The maximum absolute atomic E-state index is 13.7. The first kappa shape index (κ1) is 23.3. The van der Waals surface area contributed by atoms with E-state index in [1.54, 1.807) is 7.11 Å². The summed E-state index contributed by atoms with van der Waals surface area (Å²) in [6.45, 7) is 0. The Balaban J connectivity index is 1.17. The number of ether oxygens (including phenoxy) is 1. The second-order valence-corrected chi connectivity index (χ2v) is 14.1. The van der Waals surface area contributed by atoms with Crippen LogP contribution >= 0.6 is 0 Å². The smallest absolute Gasteiger partial charge is 0.312 e. The molecule has 0 saturated heterocycles. The monoisotopic (exact) mass is 489 g/mol. The average Bonchev–Trinajstić information content (AvgIpc) is 3.18. The van der Waals surface area contributed by atoms with Crippen LogP contribution in [-0.4, -0.2) is 26.0 Å². The third-order valence-electron chi connectivity index (χ3n) is 12.6. The molecule has 1 amide bonds. The van der Waals surface area contributed by atoms with E-state index in [4.69, 9.17) is 4.74 Å². The van der Waals surface area contributed by atoms with Crippen LogP contribution in [0.4, 0.5) is 5.69 Å². The van der Waals surface area contributed by atoms with Gasteiger partial charge in [-0.3, -0.25) is 9.59 Å². The molecule has 6 aliphatic carbocycles. The highest BCUT2D eigenvalue weighted by Crippen LogP contribution is 2.78. The Kier molecular flexibility index (Phi) is 5.23. The van der Waals surface area contributed by atoms with Crippen LogP contribution in [0.2, 0.25) is 0 Å². The maximum Gasteiger partial charge on any atom is 0.312 e. The summed E-state index contributed by atoms with van der Waals surface area (Å²) >= 11 is 0. The quantitative estimate of drug-likeness (QED) is 0.446. The van der Waals surface area contributed by atoms with Gasteiger partial charge in [0.2, 0.25) is 5.91 Å². The van der Waals surface area contributed by atoms with Gasteiger partial charge >= 0.3 is 5.97 Å². The molecule has 6 fully saturated rings. The van der Waals surface area contributed by atoms with Gasteiger partial charge in [0.25, 0.3) is 0 Å². The van der Waals surface area contributed by atoms with Crippen LogP contribution in [0.5, 0.6) is 0 Å². The van der Waals surface area contributed by atoms with Crippen molar-refractivity contribution in [2.24, 2.45) is 51.8 Å². The molecule has 1 aromatic carbocycles. The number of rotatable bonds is 4. The molecule has 0 aromatic heterocycles. The molecule has 6 aliphatic rings. The molecule has 4 nitrogen and oxygen atoms in total. The zero-order valence-electron chi connectivity index (χ0n) is 22.2. The first-order valence-electron chi connectivity index (χ1n) is 14.8. The van der Waals surface area contributed by atoms with E-state index in [0.717, 1.165) is 43.2 Å². The van der Waals surface area contributed by atoms with Gasteiger partial charge in [0.05, 0.1) is 12.5 Å². The van der Waals surface area contributed by atoms with Gasteiger partial charge in [0.1, 0.15) is 0 Å². The van der Waals surface area contributed by atoms with Crippen LogP contribution in [0.15, 0.2) is 30.3 Å². The van der Waals surface area contributed by atoms with Crippen LogP contribution in [0, 0.1) is 51.8 Å². The number of fused-ring (bicyclic) bond motifs is 5. The van der Waals surface area contributed by atoms with E-state index in [1.165, 1.54) is 57.8 Å². The highest BCUT2D eigenvalue weighted by Gasteiger charge is 2.71. The molecule has 0 N–H and O–H groups in total. The van der Waals surface area contributed by atoms with Crippen molar-refractivity contribution in [3.8, 4) is 0 Å². The second-order valence-electron chi connectivity index (χ2n) is 14.1. The van der Waals surface area contributed by atoms with E-state index in [1.807, 2.05) is 42.3 Å². The number of methoxy groups -OCH3 is 1. The summed E-state index contributed by atoms with van der Waals surface area (Å²) in [5, 5.41) is 0. The van der Waals surface area contributed by atoms with Crippen molar-refractivity contribution >= 4 is 17.6 Å². The van der Waals surface area contributed by atoms with Gasteiger partial charge in [0.15, 0.2) is 0 Å².